The summed E-state index contributed by atoms with van der Waals surface area (Å²) in [5.74, 6) is 0.742. The van der Waals surface area contributed by atoms with E-state index >= 15 is 0 Å². The lowest BCUT2D eigenvalue weighted by molar-refractivity contribution is -0.113. The van der Waals surface area contributed by atoms with Gasteiger partial charge in [-0.2, -0.15) is 5.26 Å². The molecule has 1 aromatic carbocycles. The second-order valence-electron chi connectivity index (χ2n) is 9.67. The van der Waals surface area contributed by atoms with Crippen LogP contribution in [-0.4, -0.2) is 26.4 Å². The molecule has 1 aliphatic rings. The molecule has 0 saturated heterocycles. The summed E-state index contributed by atoms with van der Waals surface area (Å²) >= 11 is 2.79. The van der Waals surface area contributed by atoms with Crippen LogP contribution in [0.4, 0.5) is 9.39 Å². The summed E-state index contributed by atoms with van der Waals surface area (Å²) in [5, 5.41) is 22.4. The number of benzene rings is 1. The monoisotopic (exact) mass is 509 g/mol. The molecule has 2 heterocycles. The predicted octanol–water partition coefficient (Wildman–Crippen LogP) is 6.09. The molecule has 2 aromatic heterocycles. The molecule has 0 spiro atoms. The molecule has 0 fully saturated rings. The van der Waals surface area contributed by atoms with Crippen molar-refractivity contribution in [2.75, 3.05) is 11.1 Å². The summed E-state index contributed by atoms with van der Waals surface area (Å²) in [4.78, 5) is 14.0. The number of nitriles is 1. The van der Waals surface area contributed by atoms with Gasteiger partial charge in [0.25, 0.3) is 0 Å². The Balaban J connectivity index is 1.47. The van der Waals surface area contributed by atoms with Gasteiger partial charge >= 0.3 is 0 Å². The number of nitrogens with zero attached hydrogens (tertiary/aromatic N) is 4. The van der Waals surface area contributed by atoms with Crippen LogP contribution in [0.25, 0.3) is 11.4 Å². The van der Waals surface area contributed by atoms with E-state index in [0.29, 0.717) is 34.0 Å². The van der Waals surface area contributed by atoms with Crippen molar-refractivity contribution in [3.63, 3.8) is 0 Å². The standard InChI is InChI=1S/C26H28FN5OS2/c1-5-12-32-23(16-6-9-18(27)10-7-16)30-31-25(32)34-15-22(33)29-24-20(14-28)19-11-8-17(26(2,3)4)13-21(19)35-24/h5-7,9-10,17H,1,8,11-13,15H2,2-4H3,(H,29,33). The second kappa shape index (κ2) is 10.3. The van der Waals surface area contributed by atoms with Crippen LogP contribution in [0.15, 0.2) is 42.1 Å². The minimum atomic E-state index is -0.323. The Kier molecular flexibility index (Phi) is 7.43. The summed E-state index contributed by atoms with van der Waals surface area (Å²) in [5.41, 5.74) is 2.64. The van der Waals surface area contributed by atoms with Crippen molar-refractivity contribution in [2.24, 2.45) is 11.3 Å². The van der Waals surface area contributed by atoms with E-state index in [0.717, 1.165) is 30.4 Å². The number of amides is 1. The maximum absolute atomic E-state index is 13.3. The summed E-state index contributed by atoms with van der Waals surface area (Å²) in [6, 6.07) is 8.35. The van der Waals surface area contributed by atoms with E-state index in [9.17, 15) is 14.4 Å². The van der Waals surface area contributed by atoms with Gasteiger partial charge in [0.1, 0.15) is 16.9 Å². The molecule has 1 atom stereocenters. The van der Waals surface area contributed by atoms with Gasteiger partial charge in [0, 0.05) is 17.0 Å². The Hall–Kier alpha value is -2.96. The van der Waals surface area contributed by atoms with Crippen molar-refractivity contribution in [3.05, 3.63) is 58.7 Å². The number of hydrogen-bond acceptors (Lipinski definition) is 6. The van der Waals surface area contributed by atoms with Gasteiger partial charge in [-0.3, -0.25) is 9.36 Å². The fraction of sp³-hybridized carbons (Fsp3) is 0.385. The van der Waals surface area contributed by atoms with E-state index < -0.39 is 0 Å². The number of allylic oxidation sites excluding steroid dienone is 1. The van der Waals surface area contributed by atoms with E-state index in [1.54, 1.807) is 18.2 Å². The first kappa shape index (κ1) is 25.1. The van der Waals surface area contributed by atoms with Crippen LogP contribution in [0.5, 0.6) is 0 Å². The highest BCUT2D eigenvalue weighted by Crippen LogP contribution is 2.44. The van der Waals surface area contributed by atoms with Gasteiger partial charge in [0.2, 0.25) is 5.91 Å². The number of nitrogens with one attached hydrogen (secondary N) is 1. The quantitative estimate of drug-likeness (QED) is 0.308. The van der Waals surface area contributed by atoms with Gasteiger partial charge < -0.3 is 5.32 Å². The molecular formula is C26H28FN5OS2. The number of thiophene rings is 1. The third kappa shape index (κ3) is 5.49. The predicted molar refractivity (Wildman–Crippen MR) is 139 cm³/mol. The molecule has 3 aromatic rings. The lowest BCUT2D eigenvalue weighted by Gasteiger charge is -2.33. The zero-order valence-electron chi connectivity index (χ0n) is 20.1. The molecule has 0 radical (unpaired) electrons. The highest BCUT2D eigenvalue weighted by atomic mass is 32.2. The average molecular weight is 510 g/mol. The van der Waals surface area contributed by atoms with Crippen molar-refractivity contribution in [1.29, 1.82) is 5.26 Å². The van der Waals surface area contributed by atoms with Gasteiger partial charge in [0.05, 0.1) is 11.3 Å². The summed E-state index contributed by atoms with van der Waals surface area (Å²) < 4.78 is 15.2. The maximum atomic E-state index is 13.3. The Morgan fingerprint density at radius 3 is 2.77 bits per heavy atom. The van der Waals surface area contributed by atoms with Gasteiger partial charge in [-0.15, -0.1) is 28.1 Å². The molecular weight excluding hydrogens is 481 g/mol. The summed E-state index contributed by atoms with van der Waals surface area (Å²) in [6.45, 7) is 11.0. The highest BCUT2D eigenvalue weighted by Gasteiger charge is 2.32. The minimum absolute atomic E-state index is 0.122. The van der Waals surface area contributed by atoms with Crippen molar-refractivity contribution in [3.8, 4) is 17.5 Å². The number of fused-ring (bicyclic) bond motifs is 1. The third-order valence-electron chi connectivity index (χ3n) is 6.32. The van der Waals surface area contributed by atoms with E-state index in [1.807, 2.05) is 4.57 Å². The van der Waals surface area contributed by atoms with E-state index in [-0.39, 0.29) is 22.9 Å². The van der Waals surface area contributed by atoms with Crippen molar-refractivity contribution in [1.82, 2.24) is 14.8 Å². The van der Waals surface area contributed by atoms with Gasteiger partial charge in [0.15, 0.2) is 11.0 Å². The molecule has 1 N–H and O–H groups in total. The number of carbonyl (C=O) groups is 1. The Morgan fingerprint density at radius 2 is 2.11 bits per heavy atom. The number of thioether (sulfide) groups is 1. The fourth-order valence-electron chi connectivity index (χ4n) is 4.33. The smallest absolute Gasteiger partial charge is 0.235 e. The van der Waals surface area contributed by atoms with Crippen LogP contribution < -0.4 is 5.32 Å². The first-order valence-electron chi connectivity index (χ1n) is 11.5. The number of carbonyl (C=O) groups excluding carboxylic acids is 1. The van der Waals surface area contributed by atoms with E-state index in [1.165, 1.54) is 40.1 Å². The van der Waals surface area contributed by atoms with E-state index in [4.69, 9.17) is 0 Å². The summed E-state index contributed by atoms with van der Waals surface area (Å²) in [6.07, 6.45) is 4.60. The first-order chi connectivity index (χ1) is 16.7. The Labute approximate surface area is 213 Å². The van der Waals surface area contributed by atoms with Crippen LogP contribution in [0.3, 0.4) is 0 Å². The molecule has 4 rings (SSSR count). The molecule has 9 heteroatoms. The normalized spacial score (nSPS) is 15.3. The minimum Gasteiger partial charge on any atom is -0.316 e. The number of hydrogen-bond donors (Lipinski definition) is 1. The number of aromatic nitrogens is 3. The molecule has 1 aliphatic carbocycles. The van der Waals surface area contributed by atoms with E-state index in [2.05, 4.69) is 48.9 Å². The Morgan fingerprint density at radius 1 is 1.37 bits per heavy atom. The van der Waals surface area contributed by atoms with Gasteiger partial charge in [-0.1, -0.05) is 38.6 Å². The number of anilines is 1. The highest BCUT2D eigenvalue weighted by molar-refractivity contribution is 7.99. The number of halogens is 1. The first-order valence-corrected chi connectivity index (χ1v) is 13.3. The molecule has 1 unspecified atom stereocenters. The lowest BCUT2D eigenvalue weighted by atomic mass is 9.72. The second-order valence-corrected chi connectivity index (χ2v) is 11.7. The Bertz CT molecular complexity index is 1280. The molecule has 1 amide bonds. The van der Waals surface area contributed by atoms with Gasteiger partial charge in [-0.05, 0) is 60.4 Å². The van der Waals surface area contributed by atoms with Crippen LogP contribution in [-0.2, 0) is 24.2 Å². The number of rotatable bonds is 7. The van der Waals surface area contributed by atoms with Crippen molar-refractivity contribution >= 4 is 34.0 Å². The molecule has 0 bridgehead atoms. The van der Waals surface area contributed by atoms with Crippen molar-refractivity contribution in [2.45, 2.75) is 51.7 Å². The fourth-order valence-corrected chi connectivity index (χ4v) is 6.37. The van der Waals surface area contributed by atoms with Gasteiger partial charge in [-0.25, -0.2) is 4.39 Å². The topological polar surface area (TPSA) is 83.6 Å². The third-order valence-corrected chi connectivity index (χ3v) is 8.45. The van der Waals surface area contributed by atoms with Crippen molar-refractivity contribution < 1.29 is 9.18 Å². The largest absolute Gasteiger partial charge is 0.316 e. The lowest BCUT2D eigenvalue weighted by Crippen LogP contribution is -2.26. The molecule has 182 valence electrons. The molecule has 0 saturated carbocycles. The average Bonchev–Trinajstić information content (AvgIpc) is 3.37. The summed E-state index contributed by atoms with van der Waals surface area (Å²) in [7, 11) is 0. The molecule has 6 nitrogen and oxygen atoms in total. The van der Waals surface area contributed by atoms with Crippen LogP contribution in [0.2, 0.25) is 0 Å². The van der Waals surface area contributed by atoms with Crippen LogP contribution in [0, 0.1) is 28.5 Å². The zero-order valence-corrected chi connectivity index (χ0v) is 21.7. The molecule has 35 heavy (non-hydrogen) atoms. The SMILES string of the molecule is C=CCn1c(SCC(=O)Nc2sc3c(c2C#N)CCC(C(C)(C)C)C3)nnc1-c1ccc(F)cc1. The zero-order chi connectivity index (χ0) is 25.2. The van der Waals surface area contributed by atoms with Crippen LogP contribution >= 0.6 is 23.1 Å². The van der Waals surface area contributed by atoms with Crippen LogP contribution in [0.1, 0.15) is 43.2 Å². The molecule has 0 aliphatic heterocycles. The maximum Gasteiger partial charge on any atom is 0.235 e.